The molecule has 0 spiro atoms. The lowest BCUT2D eigenvalue weighted by Crippen LogP contribution is -1.85. The summed E-state index contributed by atoms with van der Waals surface area (Å²) < 4.78 is 10.2. The van der Waals surface area contributed by atoms with Crippen molar-refractivity contribution in [3.05, 3.63) is 30.4 Å². The molecular weight excluding hydrogens is 202 g/mol. The van der Waals surface area contributed by atoms with Crippen molar-refractivity contribution in [2.45, 2.75) is 17.2 Å². The summed E-state index contributed by atoms with van der Waals surface area (Å²) in [5, 5.41) is 1.09. The highest BCUT2D eigenvalue weighted by Gasteiger charge is 2.09. The Kier molecular flexibility index (Phi) is 2.41. The molecule has 0 atom stereocenters. The molecule has 2 heterocycles. The van der Waals surface area contributed by atoms with E-state index in [1.165, 1.54) is 24.9 Å². The SMILES string of the molecule is CC(=O)c1ccc(Sc2ncco2)o1. The van der Waals surface area contributed by atoms with Crippen molar-refractivity contribution in [1.29, 1.82) is 0 Å². The molecule has 14 heavy (non-hydrogen) atoms. The van der Waals surface area contributed by atoms with E-state index in [1.54, 1.807) is 18.3 Å². The van der Waals surface area contributed by atoms with Gasteiger partial charge in [-0.2, -0.15) is 0 Å². The minimum atomic E-state index is -0.0933. The van der Waals surface area contributed by atoms with Crippen LogP contribution in [-0.4, -0.2) is 10.8 Å². The average Bonchev–Trinajstić information content (AvgIpc) is 2.75. The summed E-state index contributed by atoms with van der Waals surface area (Å²) in [6.45, 7) is 1.46. The molecule has 0 saturated carbocycles. The molecule has 0 bridgehead atoms. The number of aromatic nitrogens is 1. The smallest absolute Gasteiger partial charge is 0.263 e. The van der Waals surface area contributed by atoms with Gasteiger partial charge < -0.3 is 8.83 Å². The van der Waals surface area contributed by atoms with E-state index in [0.717, 1.165) is 0 Å². The summed E-state index contributed by atoms with van der Waals surface area (Å²) in [7, 11) is 0. The third-order valence-corrected chi connectivity index (χ3v) is 2.32. The van der Waals surface area contributed by atoms with E-state index in [0.29, 0.717) is 16.1 Å². The van der Waals surface area contributed by atoms with Gasteiger partial charge in [0.25, 0.3) is 5.22 Å². The number of Topliss-reactive ketones (excluding diaryl/α,β-unsaturated/α-hetero) is 1. The zero-order valence-corrected chi connectivity index (χ0v) is 8.21. The van der Waals surface area contributed by atoms with Crippen LogP contribution in [0.4, 0.5) is 0 Å². The van der Waals surface area contributed by atoms with E-state index in [-0.39, 0.29) is 5.78 Å². The van der Waals surface area contributed by atoms with Crippen LogP contribution in [0.1, 0.15) is 17.5 Å². The Morgan fingerprint density at radius 2 is 2.36 bits per heavy atom. The fraction of sp³-hybridized carbons (Fsp3) is 0.111. The molecule has 0 amide bonds. The Morgan fingerprint density at radius 1 is 1.50 bits per heavy atom. The number of carbonyl (C=O) groups is 1. The Morgan fingerprint density at radius 3 is 2.93 bits per heavy atom. The van der Waals surface area contributed by atoms with Gasteiger partial charge in [-0.3, -0.25) is 4.79 Å². The highest BCUT2D eigenvalue weighted by molar-refractivity contribution is 7.99. The van der Waals surface area contributed by atoms with Crippen LogP contribution < -0.4 is 0 Å². The van der Waals surface area contributed by atoms with Crippen LogP contribution in [0.2, 0.25) is 0 Å². The zero-order valence-electron chi connectivity index (χ0n) is 7.39. The second-order valence-corrected chi connectivity index (χ2v) is 3.53. The molecule has 0 unspecified atom stereocenters. The van der Waals surface area contributed by atoms with Crippen LogP contribution >= 0.6 is 11.8 Å². The minimum Gasteiger partial charge on any atom is -0.446 e. The Bertz CT molecular complexity index is 433. The van der Waals surface area contributed by atoms with Gasteiger partial charge in [-0.05, 0) is 12.1 Å². The highest BCUT2D eigenvalue weighted by Crippen LogP contribution is 2.27. The van der Waals surface area contributed by atoms with Crippen LogP contribution in [0.25, 0.3) is 0 Å². The van der Waals surface area contributed by atoms with Crippen molar-refractivity contribution < 1.29 is 13.6 Å². The summed E-state index contributed by atoms with van der Waals surface area (Å²) >= 11 is 1.24. The molecule has 0 aliphatic carbocycles. The van der Waals surface area contributed by atoms with Gasteiger partial charge in [0.05, 0.1) is 6.20 Å². The number of nitrogens with zero attached hydrogens (tertiary/aromatic N) is 1. The molecule has 0 fully saturated rings. The van der Waals surface area contributed by atoms with Crippen LogP contribution in [0.3, 0.4) is 0 Å². The number of rotatable bonds is 3. The van der Waals surface area contributed by atoms with Crippen LogP contribution in [0.5, 0.6) is 0 Å². The van der Waals surface area contributed by atoms with Crippen LogP contribution in [-0.2, 0) is 0 Å². The summed E-state index contributed by atoms with van der Waals surface area (Å²) in [4.78, 5) is 14.8. The summed E-state index contributed by atoms with van der Waals surface area (Å²) in [6, 6.07) is 3.35. The normalized spacial score (nSPS) is 10.4. The van der Waals surface area contributed by atoms with Gasteiger partial charge >= 0.3 is 0 Å². The van der Waals surface area contributed by atoms with Gasteiger partial charge in [0.1, 0.15) is 6.26 Å². The Hall–Kier alpha value is -1.49. The fourth-order valence-electron chi connectivity index (χ4n) is 0.911. The molecule has 2 aromatic rings. The quantitative estimate of drug-likeness (QED) is 0.727. The van der Waals surface area contributed by atoms with E-state index in [1.807, 2.05) is 0 Å². The maximum Gasteiger partial charge on any atom is 0.263 e. The van der Waals surface area contributed by atoms with Crippen LogP contribution in [0.15, 0.2) is 43.7 Å². The van der Waals surface area contributed by atoms with Crippen LogP contribution in [0, 0.1) is 0 Å². The third-order valence-electron chi connectivity index (χ3n) is 1.53. The van der Waals surface area contributed by atoms with Gasteiger partial charge in [0, 0.05) is 18.7 Å². The van der Waals surface area contributed by atoms with Crippen molar-refractivity contribution in [1.82, 2.24) is 4.98 Å². The first-order valence-electron chi connectivity index (χ1n) is 3.94. The molecule has 4 nitrogen and oxygen atoms in total. The van der Waals surface area contributed by atoms with Gasteiger partial charge in [-0.1, -0.05) is 0 Å². The largest absolute Gasteiger partial charge is 0.446 e. The molecule has 0 saturated heterocycles. The van der Waals surface area contributed by atoms with Gasteiger partial charge in [-0.25, -0.2) is 4.98 Å². The molecule has 0 aromatic carbocycles. The lowest BCUT2D eigenvalue weighted by Gasteiger charge is -1.89. The molecule has 0 N–H and O–H groups in total. The first kappa shape index (κ1) is 9.08. The molecule has 0 aliphatic rings. The molecular formula is C9H7NO3S. The van der Waals surface area contributed by atoms with E-state index >= 15 is 0 Å². The second kappa shape index (κ2) is 3.71. The van der Waals surface area contributed by atoms with E-state index < -0.39 is 0 Å². The van der Waals surface area contributed by atoms with E-state index in [2.05, 4.69) is 4.98 Å². The third kappa shape index (κ3) is 1.88. The topological polar surface area (TPSA) is 56.2 Å². The number of carbonyl (C=O) groups excluding carboxylic acids is 1. The monoisotopic (exact) mass is 209 g/mol. The lowest BCUT2D eigenvalue weighted by atomic mass is 10.3. The lowest BCUT2D eigenvalue weighted by molar-refractivity contribution is 0.0982. The van der Waals surface area contributed by atoms with Crippen molar-refractivity contribution in [2.75, 3.05) is 0 Å². The molecule has 0 aliphatic heterocycles. The second-order valence-electron chi connectivity index (χ2n) is 2.57. The number of oxazole rings is 1. The number of hydrogen-bond acceptors (Lipinski definition) is 5. The van der Waals surface area contributed by atoms with Gasteiger partial charge in [-0.15, -0.1) is 0 Å². The predicted octanol–water partition coefficient (Wildman–Crippen LogP) is 2.62. The molecule has 72 valence electrons. The van der Waals surface area contributed by atoms with E-state index in [9.17, 15) is 4.79 Å². The zero-order chi connectivity index (χ0) is 9.97. The summed E-state index contributed by atoms with van der Waals surface area (Å²) in [5.74, 6) is 0.253. The summed E-state index contributed by atoms with van der Waals surface area (Å²) in [5.41, 5.74) is 0. The molecule has 0 radical (unpaired) electrons. The van der Waals surface area contributed by atoms with Crippen molar-refractivity contribution in [3.63, 3.8) is 0 Å². The number of furan rings is 1. The number of ketones is 1. The molecule has 2 aromatic heterocycles. The highest BCUT2D eigenvalue weighted by atomic mass is 32.2. The van der Waals surface area contributed by atoms with Gasteiger partial charge in [0.15, 0.2) is 16.6 Å². The fourth-order valence-corrected chi connectivity index (χ4v) is 1.57. The Balaban J connectivity index is 2.14. The first-order valence-corrected chi connectivity index (χ1v) is 4.75. The van der Waals surface area contributed by atoms with Crippen molar-refractivity contribution in [3.8, 4) is 0 Å². The molecule has 2 rings (SSSR count). The van der Waals surface area contributed by atoms with Crippen molar-refractivity contribution in [2.24, 2.45) is 0 Å². The Labute approximate surface area is 84.3 Å². The summed E-state index contributed by atoms with van der Waals surface area (Å²) in [6.07, 6.45) is 3.04. The van der Waals surface area contributed by atoms with E-state index in [4.69, 9.17) is 8.83 Å². The maximum atomic E-state index is 10.9. The average molecular weight is 209 g/mol. The maximum absolute atomic E-state index is 10.9. The van der Waals surface area contributed by atoms with Crippen molar-refractivity contribution >= 4 is 17.5 Å². The minimum absolute atomic E-state index is 0.0933. The standard InChI is InChI=1S/C9H7NO3S/c1-6(11)7-2-3-8(13-7)14-9-10-4-5-12-9/h2-5H,1H3. The van der Waals surface area contributed by atoms with Gasteiger partial charge in [0.2, 0.25) is 0 Å². The molecule has 5 heteroatoms. The first-order chi connectivity index (χ1) is 6.75. The number of hydrogen-bond donors (Lipinski definition) is 0. The predicted molar refractivity (Wildman–Crippen MR) is 49.3 cm³/mol.